The lowest BCUT2D eigenvalue weighted by Gasteiger charge is -2.10. The minimum Gasteiger partial charge on any atom is -0.488 e. The van der Waals surface area contributed by atoms with Crippen LogP contribution in [-0.2, 0) is 6.61 Å². The van der Waals surface area contributed by atoms with Crippen molar-refractivity contribution in [2.24, 2.45) is 0 Å². The van der Waals surface area contributed by atoms with Crippen LogP contribution >= 0.6 is 15.9 Å². The van der Waals surface area contributed by atoms with Crippen molar-refractivity contribution in [3.05, 3.63) is 90.2 Å². The van der Waals surface area contributed by atoms with Crippen LogP contribution in [0.25, 0.3) is 12.2 Å². The van der Waals surface area contributed by atoms with Gasteiger partial charge < -0.3 is 14.8 Å². The maximum atomic E-state index is 13.0. The van der Waals surface area contributed by atoms with Crippen LogP contribution in [0.1, 0.15) is 17.0 Å². The lowest BCUT2D eigenvalue weighted by Crippen LogP contribution is -2.14. The number of aromatic hydroxyl groups is 1. The molecule has 29 heavy (non-hydrogen) atoms. The van der Waals surface area contributed by atoms with Crippen molar-refractivity contribution < 1.29 is 19.2 Å². The molecule has 0 aliphatic carbocycles. The third-order valence-corrected chi connectivity index (χ3v) is 4.27. The number of ether oxygens (including phenoxy) is 1. The molecule has 1 heterocycles. The van der Waals surface area contributed by atoms with Crippen molar-refractivity contribution in [2.75, 3.05) is 0 Å². The number of aromatic nitrogens is 2. The molecule has 3 rings (SSSR count). The molecule has 0 bridgehead atoms. The second kappa shape index (κ2) is 8.65. The Morgan fingerprint density at radius 2 is 1.97 bits per heavy atom. The highest BCUT2D eigenvalue weighted by molar-refractivity contribution is 9.10. The summed E-state index contributed by atoms with van der Waals surface area (Å²) in [5, 5.41) is 20.4. The van der Waals surface area contributed by atoms with Crippen molar-refractivity contribution in [1.29, 1.82) is 0 Å². The van der Waals surface area contributed by atoms with Gasteiger partial charge in [-0.1, -0.05) is 28.1 Å². The molecule has 0 amide bonds. The quantitative estimate of drug-likeness (QED) is 0.422. The molecule has 1 aromatic heterocycles. The van der Waals surface area contributed by atoms with E-state index >= 15 is 0 Å². The van der Waals surface area contributed by atoms with Gasteiger partial charge in [0.2, 0.25) is 0 Å². The maximum absolute atomic E-state index is 13.0. The highest BCUT2D eigenvalue weighted by atomic mass is 79.9. The standard InChI is InChI=1S/C19H13BrFN3O5/c20-13-4-7-15(29-10-11-1-5-14(21)6-2-11)12(9-13)3-8-16-22-18(25)17(24(27)28)19(26)23-16/h1-9H,10H2,(H2,22,23,25,26)/b8-3+. The van der Waals surface area contributed by atoms with Gasteiger partial charge in [-0.05, 0) is 48.0 Å². The Bertz CT molecular complexity index is 1150. The molecule has 148 valence electrons. The molecule has 0 atom stereocenters. The predicted octanol–water partition coefficient (Wildman–Crippen LogP) is 4.03. The summed E-state index contributed by atoms with van der Waals surface area (Å²) >= 11 is 3.36. The largest absolute Gasteiger partial charge is 0.488 e. The molecule has 0 saturated heterocycles. The lowest BCUT2D eigenvalue weighted by atomic mass is 10.2. The summed E-state index contributed by atoms with van der Waals surface area (Å²) in [6.45, 7) is 0.205. The van der Waals surface area contributed by atoms with Crippen LogP contribution < -0.4 is 10.3 Å². The van der Waals surface area contributed by atoms with Crippen LogP contribution in [0.2, 0.25) is 0 Å². The summed E-state index contributed by atoms with van der Waals surface area (Å²) in [6.07, 6.45) is 2.94. The molecule has 0 radical (unpaired) electrons. The van der Waals surface area contributed by atoms with E-state index in [9.17, 15) is 24.4 Å². The van der Waals surface area contributed by atoms with Crippen LogP contribution in [-0.4, -0.2) is 20.0 Å². The zero-order chi connectivity index (χ0) is 21.0. The van der Waals surface area contributed by atoms with E-state index in [0.29, 0.717) is 11.3 Å². The molecule has 0 aliphatic rings. The molecule has 0 fully saturated rings. The fourth-order valence-corrected chi connectivity index (χ4v) is 2.79. The average Bonchev–Trinajstić information content (AvgIpc) is 2.66. The summed E-state index contributed by atoms with van der Waals surface area (Å²) in [5.41, 5.74) is -0.699. The Morgan fingerprint density at radius 3 is 2.62 bits per heavy atom. The topological polar surface area (TPSA) is 118 Å². The number of benzene rings is 2. The number of rotatable bonds is 6. The predicted molar refractivity (Wildman–Crippen MR) is 107 cm³/mol. The van der Waals surface area contributed by atoms with E-state index < -0.39 is 22.0 Å². The Kier molecular flexibility index (Phi) is 6.03. The average molecular weight is 462 g/mol. The molecule has 2 aromatic carbocycles. The molecule has 0 unspecified atom stereocenters. The van der Waals surface area contributed by atoms with Gasteiger partial charge in [-0.25, -0.2) is 4.39 Å². The summed E-state index contributed by atoms with van der Waals surface area (Å²) in [7, 11) is 0. The number of hydrogen-bond acceptors (Lipinski definition) is 6. The normalized spacial score (nSPS) is 11.0. The number of hydrogen-bond donors (Lipinski definition) is 2. The minimum absolute atomic E-state index is 0.0671. The van der Waals surface area contributed by atoms with E-state index in [1.807, 2.05) is 0 Å². The first-order valence-electron chi connectivity index (χ1n) is 8.16. The first-order valence-corrected chi connectivity index (χ1v) is 8.95. The van der Waals surface area contributed by atoms with Gasteiger partial charge in [0.05, 0.1) is 4.92 Å². The fraction of sp³-hybridized carbons (Fsp3) is 0.0526. The fourth-order valence-electron chi connectivity index (χ4n) is 2.41. The molecule has 3 aromatic rings. The molecule has 8 nitrogen and oxygen atoms in total. The first kappa shape index (κ1) is 20.2. The molecular weight excluding hydrogens is 449 g/mol. The number of nitro groups is 1. The Morgan fingerprint density at radius 1 is 1.24 bits per heavy atom. The van der Waals surface area contributed by atoms with Gasteiger partial charge in [0.15, 0.2) is 0 Å². The lowest BCUT2D eigenvalue weighted by molar-refractivity contribution is -0.387. The summed E-state index contributed by atoms with van der Waals surface area (Å²) < 4.78 is 19.5. The zero-order valence-corrected chi connectivity index (χ0v) is 16.2. The summed E-state index contributed by atoms with van der Waals surface area (Å²) in [6, 6.07) is 11.1. The number of aromatic amines is 1. The number of halogens is 2. The smallest absolute Gasteiger partial charge is 0.395 e. The van der Waals surface area contributed by atoms with E-state index in [1.165, 1.54) is 18.2 Å². The number of nitrogens with one attached hydrogen (secondary N) is 1. The Labute approximate surface area is 171 Å². The number of nitrogens with zero attached hydrogens (tertiary/aromatic N) is 2. The highest BCUT2D eigenvalue weighted by Gasteiger charge is 2.21. The van der Waals surface area contributed by atoms with Crippen LogP contribution in [0.4, 0.5) is 10.1 Å². The van der Waals surface area contributed by atoms with Gasteiger partial charge in [-0.3, -0.25) is 14.9 Å². The molecule has 0 aliphatic heterocycles. The summed E-state index contributed by atoms with van der Waals surface area (Å²) in [4.78, 5) is 27.3. The van der Waals surface area contributed by atoms with Crippen molar-refractivity contribution in [3.63, 3.8) is 0 Å². The monoisotopic (exact) mass is 461 g/mol. The highest BCUT2D eigenvalue weighted by Crippen LogP contribution is 2.26. The van der Waals surface area contributed by atoms with Crippen LogP contribution in [0.15, 0.2) is 51.7 Å². The molecule has 2 N–H and O–H groups in total. The Hall–Kier alpha value is -3.53. The van der Waals surface area contributed by atoms with E-state index in [2.05, 4.69) is 25.9 Å². The second-order valence-corrected chi connectivity index (χ2v) is 6.73. The maximum Gasteiger partial charge on any atom is 0.395 e. The number of H-pyrrole nitrogens is 1. The Balaban J connectivity index is 1.85. The van der Waals surface area contributed by atoms with Crippen LogP contribution in [0.3, 0.4) is 0 Å². The van der Waals surface area contributed by atoms with Gasteiger partial charge in [-0.15, -0.1) is 0 Å². The zero-order valence-electron chi connectivity index (χ0n) is 14.6. The van der Waals surface area contributed by atoms with Gasteiger partial charge in [0.25, 0.3) is 5.88 Å². The molecule has 10 heteroatoms. The van der Waals surface area contributed by atoms with Crippen molar-refractivity contribution in [2.45, 2.75) is 6.61 Å². The first-order chi connectivity index (χ1) is 13.8. The third-order valence-electron chi connectivity index (χ3n) is 3.78. The van der Waals surface area contributed by atoms with Gasteiger partial charge in [0, 0.05) is 10.0 Å². The SMILES string of the molecule is O=c1[nH]c(/C=C/c2cc(Br)ccc2OCc2ccc(F)cc2)nc(O)c1[N+](=O)[O-]. The van der Waals surface area contributed by atoms with Gasteiger partial charge in [-0.2, -0.15) is 4.98 Å². The van der Waals surface area contributed by atoms with E-state index in [-0.39, 0.29) is 18.2 Å². The molecule has 0 spiro atoms. The van der Waals surface area contributed by atoms with Crippen LogP contribution in [0.5, 0.6) is 11.6 Å². The summed E-state index contributed by atoms with van der Waals surface area (Å²) in [5.74, 6) is -0.876. The van der Waals surface area contributed by atoms with Crippen molar-refractivity contribution in [3.8, 4) is 11.6 Å². The van der Waals surface area contributed by atoms with Gasteiger partial charge >= 0.3 is 11.2 Å². The minimum atomic E-state index is -1.07. The van der Waals surface area contributed by atoms with Gasteiger partial charge in [0.1, 0.15) is 24.0 Å². The molecular formula is C19H13BrFN3O5. The van der Waals surface area contributed by atoms with Crippen molar-refractivity contribution in [1.82, 2.24) is 9.97 Å². The van der Waals surface area contributed by atoms with E-state index in [4.69, 9.17) is 4.74 Å². The third kappa shape index (κ3) is 5.05. The second-order valence-electron chi connectivity index (χ2n) is 5.81. The van der Waals surface area contributed by atoms with E-state index in [0.717, 1.165) is 10.0 Å². The van der Waals surface area contributed by atoms with Crippen molar-refractivity contribution >= 4 is 33.8 Å². The molecule has 0 saturated carbocycles. The van der Waals surface area contributed by atoms with E-state index in [1.54, 1.807) is 36.4 Å². The van der Waals surface area contributed by atoms with Crippen LogP contribution in [0, 0.1) is 15.9 Å².